The lowest BCUT2D eigenvalue weighted by Crippen LogP contribution is -1.95. The molecule has 0 N–H and O–H groups in total. The summed E-state index contributed by atoms with van der Waals surface area (Å²) >= 11 is 1.83. The van der Waals surface area contributed by atoms with Gasteiger partial charge in [0, 0.05) is 16.2 Å². The fourth-order valence-corrected chi connectivity index (χ4v) is 3.19. The number of benzene rings is 2. The van der Waals surface area contributed by atoms with Gasteiger partial charge in [-0.1, -0.05) is 29.8 Å². The Balaban J connectivity index is 2.23. The van der Waals surface area contributed by atoms with Crippen molar-refractivity contribution in [2.75, 3.05) is 0 Å². The van der Waals surface area contributed by atoms with E-state index < -0.39 is 0 Å². The summed E-state index contributed by atoms with van der Waals surface area (Å²) in [7, 11) is 0. The summed E-state index contributed by atoms with van der Waals surface area (Å²) in [5.74, 6) is 0.902. The van der Waals surface area contributed by atoms with Crippen LogP contribution in [0.4, 0.5) is 0 Å². The molecule has 0 fully saturated rings. The number of aryl methyl sites for hydroxylation is 2. The van der Waals surface area contributed by atoms with Gasteiger partial charge in [0.25, 0.3) is 0 Å². The molecule has 0 amide bonds. The van der Waals surface area contributed by atoms with Crippen molar-refractivity contribution in [1.29, 1.82) is 0 Å². The van der Waals surface area contributed by atoms with Crippen LogP contribution in [0.3, 0.4) is 0 Å². The molecule has 0 atom stereocenters. The highest BCUT2D eigenvalue weighted by Crippen LogP contribution is 2.28. The molecule has 2 heteroatoms. The van der Waals surface area contributed by atoms with Crippen molar-refractivity contribution in [1.82, 2.24) is 0 Å². The average Bonchev–Trinajstić information content (AvgIpc) is 2.41. The Labute approximate surface area is 119 Å². The summed E-state index contributed by atoms with van der Waals surface area (Å²) in [5, 5.41) is 0. The molecule has 2 aromatic carbocycles. The fourth-order valence-electron chi connectivity index (χ4n) is 2.11. The molecule has 0 aliphatic carbocycles. The maximum atomic E-state index is 11.1. The first kappa shape index (κ1) is 13.9. The molecule has 0 saturated carbocycles. The van der Waals surface area contributed by atoms with Gasteiger partial charge in [-0.05, 0) is 49.6 Å². The van der Waals surface area contributed by atoms with E-state index in [-0.39, 0.29) is 0 Å². The lowest BCUT2D eigenvalue weighted by atomic mass is 10.0. The SMILES string of the molecule is Cc1cc(C=O)c(C)c(CSc2ccccc2C)c1. The molecule has 0 aliphatic heterocycles. The Hall–Kier alpha value is -1.54. The number of hydrogen-bond acceptors (Lipinski definition) is 2. The first-order valence-electron chi connectivity index (χ1n) is 6.35. The minimum Gasteiger partial charge on any atom is -0.298 e. The molecule has 19 heavy (non-hydrogen) atoms. The highest BCUT2D eigenvalue weighted by Gasteiger charge is 2.06. The van der Waals surface area contributed by atoms with E-state index in [2.05, 4.69) is 37.3 Å². The van der Waals surface area contributed by atoms with E-state index in [1.54, 1.807) is 0 Å². The molecule has 98 valence electrons. The van der Waals surface area contributed by atoms with E-state index in [9.17, 15) is 4.79 Å². The minimum absolute atomic E-state index is 0.806. The predicted molar refractivity (Wildman–Crippen MR) is 82.0 cm³/mol. The van der Waals surface area contributed by atoms with Crippen LogP contribution in [-0.2, 0) is 5.75 Å². The second-order valence-corrected chi connectivity index (χ2v) is 5.83. The van der Waals surface area contributed by atoms with E-state index in [0.29, 0.717) is 0 Å². The smallest absolute Gasteiger partial charge is 0.150 e. The number of carbonyl (C=O) groups is 1. The summed E-state index contributed by atoms with van der Waals surface area (Å²) in [5.41, 5.74) is 5.60. The molecular formula is C17H18OS. The summed E-state index contributed by atoms with van der Waals surface area (Å²) in [6.07, 6.45) is 0.949. The third-order valence-corrected chi connectivity index (χ3v) is 4.53. The molecule has 0 bridgehead atoms. The Morgan fingerprint density at radius 2 is 1.84 bits per heavy atom. The van der Waals surface area contributed by atoms with Crippen LogP contribution < -0.4 is 0 Å². The summed E-state index contributed by atoms with van der Waals surface area (Å²) < 4.78 is 0. The standard InChI is InChI=1S/C17H18OS/c1-12-8-15(10-18)14(3)16(9-12)11-19-17-7-5-4-6-13(17)2/h4-10H,11H2,1-3H3. The van der Waals surface area contributed by atoms with E-state index in [1.807, 2.05) is 31.7 Å². The monoisotopic (exact) mass is 270 g/mol. The molecule has 2 aromatic rings. The Bertz CT molecular complexity index is 602. The van der Waals surface area contributed by atoms with Gasteiger partial charge >= 0.3 is 0 Å². The highest BCUT2D eigenvalue weighted by molar-refractivity contribution is 7.98. The maximum absolute atomic E-state index is 11.1. The normalized spacial score (nSPS) is 10.5. The Kier molecular flexibility index (Phi) is 4.43. The van der Waals surface area contributed by atoms with E-state index in [1.165, 1.54) is 16.0 Å². The van der Waals surface area contributed by atoms with Crippen LogP contribution in [0.15, 0.2) is 41.3 Å². The molecule has 0 heterocycles. The zero-order valence-electron chi connectivity index (χ0n) is 11.6. The lowest BCUT2D eigenvalue weighted by molar-refractivity contribution is 0.112. The van der Waals surface area contributed by atoms with Crippen molar-refractivity contribution in [2.24, 2.45) is 0 Å². The third-order valence-electron chi connectivity index (χ3n) is 3.30. The zero-order chi connectivity index (χ0) is 13.8. The van der Waals surface area contributed by atoms with E-state index in [0.717, 1.165) is 28.7 Å². The van der Waals surface area contributed by atoms with Crippen molar-refractivity contribution >= 4 is 18.0 Å². The van der Waals surface area contributed by atoms with Gasteiger partial charge in [0.1, 0.15) is 6.29 Å². The van der Waals surface area contributed by atoms with Crippen LogP contribution in [0.5, 0.6) is 0 Å². The molecule has 1 nitrogen and oxygen atoms in total. The molecule has 0 unspecified atom stereocenters. The number of thioether (sulfide) groups is 1. The van der Waals surface area contributed by atoms with Gasteiger partial charge in [-0.15, -0.1) is 11.8 Å². The average molecular weight is 270 g/mol. The predicted octanol–water partition coefficient (Wildman–Crippen LogP) is 4.72. The quantitative estimate of drug-likeness (QED) is 0.591. The van der Waals surface area contributed by atoms with Crippen LogP contribution in [0.1, 0.15) is 32.6 Å². The van der Waals surface area contributed by atoms with Crippen LogP contribution >= 0.6 is 11.8 Å². The van der Waals surface area contributed by atoms with Gasteiger partial charge < -0.3 is 0 Å². The van der Waals surface area contributed by atoms with Crippen molar-refractivity contribution in [3.05, 3.63) is 64.2 Å². The fraction of sp³-hybridized carbons (Fsp3) is 0.235. The largest absolute Gasteiger partial charge is 0.298 e. The van der Waals surface area contributed by atoms with Crippen molar-refractivity contribution in [3.8, 4) is 0 Å². The van der Waals surface area contributed by atoms with Crippen LogP contribution in [0.25, 0.3) is 0 Å². The van der Waals surface area contributed by atoms with Crippen molar-refractivity contribution < 1.29 is 4.79 Å². The van der Waals surface area contributed by atoms with Crippen LogP contribution in [-0.4, -0.2) is 6.29 Å². The summed E-state index contributed by atoms with van der Waals surface area (Å²) in [6, 6.07) is 12.5. The van der Waals surface area contributed by atoms with Gasteiger partial charge in [0.15, 0.2) is 0 Å². The number of aldehydes is 1. The number of hydrogen-bond donors (Lipinski definition) is 0. The van der Waals surface area contributed by atoms with Gasteiger partial charge in [-0.3, -0.25) is 4.79 Å². The zero-order valence-corrected chi connectivity index (χ0v) is 12.4. The van der Waals surface area contributed by atoms with Gasteiger partial charge in [0.05, 0.1) is 0 Å². The third kappa shape index (κ3) is 3.27. The topological polar surface area (TPSA) is 17.1 Å². The van der Waals surface area contributed by atoms with E-state index >= 15 is 0 Å². The Morgan fingerprint density at radius 3 is 2.53 bits per heavy atom. The van der Waals surface area contributed by atoms with Crippen molar-refractivity contribution in [3.63, 3.8) is 0 Å². The first-order chi connectivity index (χ1) is 9.11. The maximum Gasteiger partial charge on any atom is 0.150 e. The molecule has 0 aromatic heterocycles. The summed E-state index contributed by atoms with van der Waals surface area (Å²) in [6.45, 7) is 6.19. The second kappa shape index (κ2) is 6.07. The van der Waals surface area contributed by atoms with Crippen LogP contribution in [0, 0.1) is 20.8 Å². The molecule has 0 spiro atoms. The highest BCUT2D eigenvalue weighted by atomic mass is 32.2. The first-order valence-corrected chi connectivity index (χ1v) is 7.34. The lowest BCUT2D eigenvalue weighted by Gasteiger charge is -2.10. The van der Waals surface area contributed by atoms with Gasteiger partial charge in [0.2, 0.25) is 0 Å². The van der Waals surface area contributed by atoms with Crippen LogP contribution in [0.2, 0.25) is 0 Å². The van der Waals surface area contributed by atoms with Gasteiger partial charge in [-0.25, -0.2) is 0 Å². The minimum atomic E-state index is 0.806. The molecule has 0 aliphatic rings. The molecule has 0 saturated heterocycles. The summed E-state index contributed by atoms with van der Waals surface area (Å²) in [4.78, 5) is 12.4. The van der Waals surface area contributed by atoms with E-state index in [4.69, 9.17) is 0 Å². The van der Waals surface area contributed by atoms with Crippen molar-refractivity contribution in [2.45, 2.75) is 31.4 Å². The molecule has 2 rings (SSSR count). The van der Waals surface area contributed by atoms with Gasteiger partial charge in [-0.2, -0.15) is 0 Å². The second-order valence-electron chi connectivity index (χ2n) is 4.81. The molecular weight excluding hydrogens is 252 g/mol. The Morgan fingerprint density at radius 1 is 1.11 bits per heavy atom. The number of rotatable bonds is 4. The molecule has 0 radical (unpaired) electrons. The number of carbonyl (C=O) groups excluding carboxylic acids is 1.